The van der Waals surface area contributed by atoms with Gasteiger partial charge in [0, 0.05) is 18.0 Å². The molecule has 4 nitrogen and oxygen atoms in total. The molecule has 1 unspecified atom stereocenters. The molecule has 4 heteroatoms. The monoisotopic (exact) mass is 228 g/mol. The van der Waals surface area contributed by atoms with Crippen molar-refractivity contribution in [1.29, 1.82) is 0 Å². The van der Waals surface area contributed by atoms with Crippen molar-refractivity contribution < 1.29 is 0 Å². The van der Waals surface area contributed by atoms with Crippen molar-refractivity contribution in [2.75, 3.05) is 6.54 Å². The van der Waals surface area contributed by atoms with Gasteiger partial charge >= 0.3 is 0 Å². The fraction of sp³-hybridized carbons (Fsp3) is 0.385. The van der Waals surface area contributed by atoms with Gasteiger partial charge in [-0.15, -0.1) is 0 Å². The Morgan fingerprint density at radius 2 is 2.24 bits per heavy atom. The maximum absolute atomic E-state index is 4.47. The van der Waals surface area contributed by atoms with Crippen LogP contribution in [0.5, 0.6) is 0 Å². The lowest BCUT2D eigenvalue weighted by Crippen LogP contribution is -2.27. The first-order valence-electron chi connectivity index (χ1n) is 6.12. The molecule has 0 radical (unpaired) electrons. The number of nitrogens with zero attached hydrogens (tertiary/aromatic N) is 2. The summed E-state index contributed by atoms with van der Waals surface area (Å²) in [6.45, 7) is 1.09. The Bertz CT molecular complexity index is 471. The highest BCUT2D eigenvalue weighted by Crippen LogP contribution is 2.23. The lowest BCUT2D eigenvalue weighted by molar-refractivity contribution is 0.399. The van der Waals surface area contributed by atoms with Crippen molar-refractivity contribution in [3.8, 4) is 11.3 Å². The zero-order chi connectivity index (χ0) is 11.5. The number of H-pyrrole nitrogens is 1. The molecule has 0 aromatic carbocycles. The van der Waals surface area contributed by atoms with Crippen molar-refractivity contribution in [2.24, 2.45) is 0 Å². The largest absolute Gasteiger partial charge is 0.341 e. The van der Waals surface area contributed by atoms with Gasteiger partial charge in [0.05, 0.1) is 17.9 Å². The quantitative estimate of drug-likeness (QED) is 0.829. The minimum absolute atomic E-state index is 0.383. The van der Waals surface area contributed by atoms with Crippen LogP contribution in [0.15, 0.2) is 30.7 Å². The van der Waals surface area contributed by atoms with Crippen LogP contribution in [-0.2, 0) is 0 Å². The summed E-state index contributed by atoms with van der Waals surface area (Å²) in [4.78, 5) is 12.0. The molecule has 17 heavy (non-hydrogen) atoms. The van der Waals surface area contributed by atoms with Crippen LogP contribution in [0, 0.1) is 0 Å². The molecule has 3 rings (SSSR count). The molecule has 2 aromatic rings. The molecule has 1 aliphatic heterocycles. The Balaban J connectivity index is 1.83. The summed E-state index contributed by atoms with van der Waals surface area (Å²) >= 11 is 0. The number of hydrogen-bond acceptors (Lipinski definition) is 3. The predicted molar refractivity (Wildman–Crippen MR) is 66.4 cm³/mol. The van der Waals surface area contributed by atoms with E-state index in [1.807, 2.05) is 24.5 Å². The van der Waals surface area contributed by atoms with Gasteiger partial charge in [0.1, 0.15) is 5.82 Å². The van der Waals surface area contributed by atoms with Crippen LogP contribution in [0.3, 0.4) is 0 Å². The zero-order valence-corrected chi connectivity index (χ0v) is 9.69. The average Bonchev–Trinajstić information content (AvgIpc) is 2.90. The van der Waals surface area contributed by atoms with Crippen LogP contribution in [-0.4, -0.2) is 21.5 Å². The second-order valence-electron chi connectivity index (χ2n) is 4.43. The minimum Gasteiger partial charge on any atom is -0.341 e. The van der Waals surface area contributed by atoms with Crippen LogP contribution in [0.1, 0.15) is 31.1 Å². The first-order chi connectivity index (χ1) is 8.43. The van der Waals surface area contributed by atoms with Crippen LogP contribution in [0.25, 0.3) is 11.3 Å². The third-order valence-corrected chi connectivity index (χ3v) is 3.21. The van der Waals surface area contributed by atoms with Crippen molar-refractivity contribution in [2.45, 2.75) is 25.3 Å². The second kappa shape index (κ2) is 4.67. The van der Waals surface area contributed by atoms with E-state index >= 15 is 0 Å². The van der Waals surface area contributed by atoms with Gasteiger partial charge in [-0.2, -0.15) is 0 Å². The van der Waals surface area contributed by atoms with Gasteiger partial charge in [0.25, 0.3) is 0 Å². The van der Waals surface area contributed by atoms with E-state index in [0.29, 0.717) is 6.04 Å². The highest BCUT2D eigenvalue weighted by atomic mass is 15.0. The van der Waals surface area contributed by atoms with Crippen molar-refractivity contribution in [3.63, 3.8) is 0 Å². The molecule has 3 heterocycles. The highest BCUT2D eigenvalue weighted by Gasteiger charge is 2.17. The number of nitrogens with one attached hydrogen (secondary N) is 2. The van der Waals surface area contributed by atoms with Crippen molar-refractivity contribution in [3.05, 3.63) is 36.5 Å². The predicted octanol–water partition coefficient (Wildman–Crippen LogP) is 2.29. The normalized spacial score (nSPS) is 20.4. The number of hydrogen-bond donors (Lipinski definition) is 2. The standard InChI is InChI=1S/C13H16N4/c1-2-7-15-11(5-1)13-16-9-12(17-13)10-4-3-6-14-8-10/h3-4,6,8-9,11,15H,1-2,5,7H2,(H,16,17). The molecule has 0 saturated carbocycles. The maximum atomic E-state index is 4.47. The van der Waals surface area contributed by atoms with Gasteiger partial charge < -0.3 is 10.3 Å². The summed E-state index contributed by atoms with van der Waals surface area (Å²) in [5, 5.41) is 3.49. The summed E-state index contributed by atoms with van der Waals surface area (Å²) in [5.41, 5.74) is 2.13. The number of piperidine rings is 1. The molecular weight excluding hydrogens is 212 g/mol. The minimum atomic E-state index is 0.383. The smallest absolute Gasteiger partial charge is 0.123 e. The molecule has 1 saturated heterocycles. The Kier molecular flexibility index (Phi) is 2.88. The topological polar surface area (TPSA) is 53.6 Å². The molecule has 2 N–H and O–H groups in total. The molecular formula is C13H16N4. The van der Waals surface area contributed by atoms with E-state index in [1.54, 1.807) is 6.20 Å². The summed E-state index contributed by atoms with van der Waals surface area (Å²) < 4.78 is 0. The molecule has 0 aliphatic carbocycles. The van der Waals surface area contributed by atoms with Crippen LogP contribution in [0.2, 0.25) is 0 Å². The maximum Gasteiger partial charge on any atom is 0.123 e. The Morgan fingerprint density at radius 3 is 3.00 bits per heavy atom. The third-order valence-electron chi connectivity index (χ3n) is 3.21. The summed E-state index contributed by atoms with van der Waals surface area (Å²) in [6.07, 6.45) is 9.24. The van der Waals surface area contributed by atoms with Crippen molar-refractivity contribution in [1.82, 2.24) is 20.3 Å². The molecule has 0 spiro atoms. The summed E-state index contributed by atoms with van der Waals surface area (Å²) in [5.74, 6) is 1.04. The van der Waals surface area contributed by atoms with E-state index in [4.69, 9.17) is 0 Å². The van der Waals surface area contributed by atoms with E-state index in [9.17, 15) is 0 Å². The Labute approximate surface area is 101 Å². The number of rotatable bonds is 2. The zero-order valence-electron chi connectivity index (χ0n) is 9.69. The van der Waals surface area contributed by atoms with Crippen LogP contribution in [0.4, 0.5) is 0 Å². The van der Waals surface area contributed by atoms with Crippen molar-refractivity contribution >= 4 is 0 Å². The Hall–Kier alpha value is -1.68. The van der Waals surface area contributed by atoms with Gasteiger partial charge in [0.15, 0.2) is 0 Å². The summed E-state index contributed by atoms with van der Waals surface area (Å²) in [7, 11) is 0. The number of pyridine rings is 1. The average molecular weight is 228 g/mol. The molecule has 1 aliphatic rings. The number of aromatic amines is 1. The van der Waals surface area contributed by atoms with Crippen LogP contribution < -0.4 is 5.32 Å². The lowest BCUT2D eigenvalue weighted by Gasteiger charge is -2.21. The summed E-state index contributed by atoms with van der Waals surface area (Å²) in [6, 6.07) is 4.36. The first-order valence-corrected chi connectivity index (χ1v) is 6.12. The van der Waals surface area contributed by atoms with Gasteiger partial charge in [-0.25, -0.2) is 4.98 Å². The van der Waals surface area contributed by atoms with E-state index in [0.717, 1.165) is 23.6 Å². The molecule has 0 amide bonds. The fourth-order valence-electron chi connectivity index (χ4n) is 2.27. The second-order valence-corrected chi connectivity index (χ2v) is 4.43. The fourth-order valence-corrected chi connectivity index (χ4v) is 2.27. The molecule has 1 atom stereocenters. The highest BCUT2D eigenvalue weighted by molar-refractivity contribution is 5.56. The van der Waals surface area contributed by atoms with Gasteiger partial charge in [0.2, 0.25) is 0 Å². The molecule has 2 aromatic heterocycles. The molecule has 1 fully saturated rings. The van der Waals surface area contributed by atoms with E-state index in [1.165, 1.54) is 19.3 Å². The van der Waals surface area contributed by atoms with E-state index in [-0.39, 0.29) is 0 Å². The van der Waals surface area contributed by atoms with E-state index < -0.39 is 0 Å². The van der Waals surface area contributed by atoms with Gasteiger partial charge in [-0.05, 0) is 31.5 Å². The van der Waals surface area contributed by atoms with Gasteiger partial charge in [-0.1, -0.05) is 6.42 Å². The number of imidazole rings is 1. The molecule has 88 valence electrons. The lowest BCUT2D eigenvalue weighted by atomic mass is 10.0. The SMILES string of the molecule is c1cncc(-c2cnc(C3CCCCN3)[nH]2)c1. The van der Waals surface area contributed by atoms with E-state index in [2.05, 4.69) is 20.3 Å². The molecule has 0 bridgehead atoms. The van der Waals surface area contributed by atoms with Crippen LogP contribution >= 0.6 is 0 Å². The first kappa shape index (κ1) is 10.5. The number of aromatic nitrogens is 3. The Morgan fingerprint density at radius 1 is 1.24 bits per heavy atom. The van der Waals surface area contributed by atoms with Gasteiger partial charge in [-0.3, -0.25) is 4.98 Å². The third kappa shape index (κ3) is 2.22.